The van der Waals surface area contributed by atoms with Crippen molar-refractivity contribution in [2.75, 3.05) is 7.11 Å². The molecule has 0 aliphatic carbocycles. The van der Waals surface area contributed by atoms with Crippen LogP contribution in [0.2, 0.25) is 0 Å². The van der Waals surface area contributed by atoms with Crippen molar-refractivity contribution in [2.45, 2.75) is 46.0 Å². The van der Waals surface area contributed by atoms with Crippen molar-refractivity contribution < 1.29 is 27.8 Å². The number of hydrogen-bond acceptors (Lipinski definition) is 5. The Morgan fingerprint density at radius 3 is 2.27 bits per heavy atom. The number of nitrogens with zero attached hydrogens (tertiary/aromatic N) is 3. The number of halogens is 3. The smallest absolute Gasteiger partial charge is 0.305 e. The van der Waals surface area contributed by atoms with Gasteiger partial charge in [0.1, 0.15) is 11.4 Å². The number of aryl methyl sites for hydroxylation is 1. The molecule has 160 valence electrons. The highest BCUT2D eigenvalue weighted by atomic mass is 19.2. The van der Waals surface area contributed by atoms with Crippen LogP contribution in [-0.2, 0) is 21.4 Å². The van der Waals surface area contributed by atoms with Crippen LogP contribution in [0.4, 0.5) is 13.2 Å². The number of carbonyl (C=O) groups is 1. The summed E-state index contributed by atoms with van der Waals surface area (Å²) in [4.78, 5) is 12.4. The van der Waals surface area contributed by atoms with Crippen molar-refractivity contribution in [1.82, 2.24) is 15.0 Å². The SMILES string of the molecule is COC(=O)CCc1cc(-n2nc3c(F)c(C)c(F)c(F)c3n2)c(O)c(C(C)(C)C)c1. The molecule has 1 aromatic heterocycles. The molecule has 0 saturated carbocycles. The van der Waals surface area contributed by atoms with Crippen molar-refractivity contribution in [2.24, 2.45) is 0 Å². The molecule has 6 nitrogen and oxygen atoms in total. The number of fused-ring (bicyclic) bond motifs is 1. The van der Waals surface area contributed by atoms with Crippen molar-refractivity contribution in [3.05, 3.63) is 46.3 Å². The van der Waals surface area contributed by atoms with Gasteiger partial charge in [-0.05, 0) is 30.4 Å². The Labute approximate surface area is 171 Å². The number of ether oxygens (including phenoxy) is 1. The molecule has 0 radical (unpaired) electrons. The van der Waals surface area contributed by atoms with Gasteiger partial charge in [-0.25, -0.2) is 13.2 Å². The minimum atomic E-state index is -1.33. The van der Waals surface area contributed by atoms with E-state index < -0.39 is 45.4 Å². The third-order valence-electron chi connectivity index (χ3n) is 4.90. The number of methoxy groups -OCH3 is 1. The second-order valence-corrected chi connectivity index (χ2v) is 8.09. The maximum Gasteiger partial charge on any atom is 0.305 e. The molecule has 0 atom stereocenters. The van der Waals surface area contributed by atoms with Gasteiger partial charge in [0, 0.05) is 17.5 Å². The summed E-state index contributed by atoms with van der Waals surface area (Å²) < 4.78 is 47.3. The fraction of sp³-hybridized carbons (Fsp3) is 0.381. The summed E-state index contributed by atoms with van der Waals surface area (Å²) in [6, 6.07) is 3.27. The fourth-order valence-corrected chi connectivity index (χ4v) is 3.15. The summed E-state index contributed by atoms with van der Waals surface area (Å²) in [6.45, 7) is 6.73. The predicted octanol–water partition coefficient (Wildman–Crippen LogP) is 4.25. The average molecular weight is 421 g/mol. The number of rotatable bonds is 4. The van der Waals surface area contributed by atoms with Gasteiger partial charge >= 0.3 is 5.97 Å². The Balaban J connectivity index is 2.23. The van der Waals surface area contributed by atoms with E-state index in [0.717, 1.165) is 11.7 Å². The zero-order valence-corrected chi connectivity index (χ0v) is 17.3. The third-order valence-corrected chi connectivity index (χ3v) is 4.90. The molecule has 0 amide bonds. The summed E-state index contributed by atoms with van der Waals surface area (Å²) in [5.41, 5.74) is -0.747. The Kier molecular flexibility index (Phi) is 5.49. The van der Waals surface area contributed by atoms with E-state index in [-0.39, 0.29) is 17.9 Å². The largest absolute Gasteiger partial charge is 0.505 e. The molecule has 9 heteroatoms. The van der Waals surface area contributed by atoms with E-state index in [1.54, 1.807) is 6.07 Å². The van der Waals surface area contributed by atoms with Crippen LogP contribution in [-0.4, -0.2) is 33.2 Å². The van der Waals surface area contributed by atoms with Gasteiger partial charge in [0.15, 0.2) is 28.5 Å². The molecule has 0 unspecified atom stereocenters. The summed E-state index contributed by atoms with van der Waals surface area (Å²) in [5.74, 6) is -4.25. The normalized spacial score (nSPS) is 11.9. The summed E-state index contributed by atoms with van der Waals surface area (Å²) in [5, 5.41) is 18.7. The highest BCUT2D eigenvalue weighted by Gasteiger charge is 2.26. The van der Waals surface area contributed by atoms with Crippen LogP contribution in [0.15, 0.2) is 12.1 Å². The molecular formula is C21H22F3N3O3. The van der Waals surface area contributed by atoms with Gasteiger partial charge in [-0.2, -0.15) is 0 Å². The monoisotopic (exact) mass is 421 g/mol. The zero-order valence-electron chi connectivity index (χ0n) is 17.3. The van der Waals surface area contributed by atoms with E-state index in [1.165, 1.54) is 13.2 Å². The van der Waals surface area contributed by atoms with Crippen LogP contribution in [0.3, 0.4) is 0 Å². The fourth-order valence-electron chi connectivity index (χ4n) is 3.15. The van der Waals surface area contributed by atoms with Crippen molar-refractivity contribution >= 4 is 17.0 Å². The molecule has 1 heterocycles. The van der Waals surface area contributed by atoms with Crippen LogP contribution in [0.25, 0.3) is 16.7 Å². The molecule has 2 aromatic carbocycles. The van der Waals surface area contributed by atoms with Gasteiger partial charge in [-0.15, -0.1) is 15.0 Å². The maximum atomic E-state index is 14.4. The number of hydrogen-bond donors (Lipinski definition) is 1. The molecule has 0 aliphatic heterocycles. The van der Waals surface area contributed by atoms with Gasteiger partial charge in [0.2, 0.25) is 0 Å². The van der Waals surface area contributed by atoms with E-state index >= 15 is 0 Å². The lowest BCUT2D eigenvalue weighted by atomic mass is 9.84. The first-order valence-corrected chi connectivity index (χ1v) is 9.29. The Hall–Kier alpha value is -3.10. The predicted molar refractivity (Wildman–Crippen MR) is 104 cm³/mol. The molecule has 3 aromatic rings. The molecule has 30 heavy (non-hydrogen) atoms. The van der Waals surface area contributed by atoms with Gasteiger partial charge in [-0.1, -0.05) is 26.8 Å². The van der Waals surface area contributed by atoms with E-state index in [4.69, 9.17) is 0 Å². The first kappa shape index (κ1) is 21.6. The number of aromatic nitrogens is 3. The molecule has 0 saturated heterocycles. The minimum Gasteiger partial charge on any atom is -0.505 e. The minimum absolute atomic E-state index is 0.0651. The van der Waals surface area contributed by atoms with Crippen LogP contribution in [0.5, 0.6) is 5.75 Å². The molecule has 0 fully saturated rings. The highest BCUT2D eigenvalue weighted by Crippen LogP contribution is 2.37. The van der Waals surface area contributed by atoms with E-state index in [0.29, 0.717) is 17.5 Å². The standard InChI is InChI=1S/C21H22F3N3O3/c1-10-15(22)17(24)19-18(16(10)23)25-27(26-19)13-9-11(6-7-14(28)30-5)8-12(20(13)29)21(2,3)4/h8-9,29H,6-7H2,1-5H3. The summed E-state index contributed by atoms with van der Waals surface area (Å²) >= 11 is 0. The van der Waals surface area contributed by atoms with Crippen molar-refractivity contribution in [3.63, 3.8) is 0 Å². The Bertz CT molecular complexity index is 1110. The number of esters is 1. The van der Waals surface area contributed by atoms with Gasteiger partial charge in [0.05, 0.1) is 7.11 Å². The average Bonchev–Trinajstić information content (AvgIpc) is 3.14. The molecule has 1 N–H and O–H groups in total. The van der Waals surface area contributed by atoms with Crippen LogP contribution >= 0.6 is 0 Å². The van der Waals surface area contributed by atoms with Gasteiger partial charge in [-0.3, -0.25) is 4.79 Å². The van der Waals surface area contributed by atoms with E-state index in [9.17, 15) is 23.1 Å². The lowest BCUT2D eigenvalue weighted by Gasteiger charge is -2.23. The van der Waals surface area contributed by atoms with Crippen LogP contribution in [0.1, 0.15) is 43.9 Å². The number of aromatic hydroxyl groups is 1. The second-order valence-electron chi connectivity index (χ2n) is 8.09. The van der Waals surface area contributed by atoms with Gasteiger partial charge in [0.25, 0.3) is 0 Å². The lowest BCUT2D eigenvalue weighted by molar-refractivity contribution is -0.140. The lowest BCUT2D eigenvalue weighted by Crippen LogP contribution is -2.14. The first-order valence-electron chi connectivity index (χ1n) is 9.29. The maximum absolute atomic E-state index is 14.4. The highest BCUT2D eigenvalue weighted by molar-refractivity contribution is 5.77. The first-order chi connectivity index (χ1) is 14.0. The zero-order chi connectivity index (χ0) is 22.4. The summed E-state index contributed by atoms with van der Waals surface area (Å²) in [7, 11) is 1.29. The Morgan fingerprint density at radius 2 is 1.70 bits per heavy atom. The number of benzene rings is 2. The van der Waals surface area contributed by atoms with E-state index in [2.05, 4.69) is 14.9 Å². The topological polar surface area (TPSA) is 77.2 Å². The third kappa shape index (κ3) is 3.71. The van der Waals surface area contributed by atoms with Crippen molar-refractivity contribution in [1.29, 1.82) is 0 Å². The summed E-state index contributed by atoms with van der Waals surface area (Å²) in [6.07, 6.45) is 0.409. The van der Waals surface area contributed by atoms with Crippen LogP contribution in [0, 0.1) is 24.4 Å². The van der Waals surface area contributed by atoms with Crippen LogP contribution < -0.4 is 0 Å². The second kappa shape index (κ2) is 7.62. The molecular weight excluding hydrogens is 399 g/mol. The number of phenolic OH excluding ortho intramolecular Hbond substituents is 1. The number of carbonyl (C=O) groups excluding carboxylic acids is 1. The molecule has 0 spiro atoms. The van der Waals surface area contributed by atoms with E-state index in [1.807, 2.05) is 20.8 Å². The molecule has 0 bridgehead atoms. The Morgan fingerprint density at radius 1 is 1.10 bits per heavy atom. The van der Waals surface area contributed by atoms with Gasteiger partial charge < -0.3 is 9.84 Å². The number of phenols is 1. The molecule has 0 aliphatic rings. The molecule has 3 rings (SSSR count). The van der Waals surface area contributed by atoms with Crippen molar-refractivity contribution in [3.8, 4) is 11.4 Å². The quantitative estimate of drug-likeness (QED) is 0.503.